The Morgan fingerprint density at radius 1 is 1.33 bits per heavy atom. The van der Waals surface area contributed by atoms with Gasteiger partial charge in [0.05, 0.1) is 5.41 Å². The Bertz CT molecular complexity index is 236. The second-order valence-corrected chi connectivity index (χ2v) is 5.53. The van der Waals surface area contributed by atoms with Crippen LogP contribution < -0.4 is 5.73 Å². The lowest BCUT2D eigenvalue weighted by atomic mass is 9.63. The third-order valence-corrected chi connectivity index (χ3v) is 4.20. The van der Waals surface area contributed by atoms with Gasteiger partial charge >= 0.3 is 5.97 Å². The zero-order valence-electron chi connectivity index (χ0n) is 10.8. The molecule has 0 radical (unpaired) electrons. The molecule has 0 bridgehead atoms. The van der Waals surface area contributed by atoms with E-state index in [0.717, 1.165) is 0 Å². The van der Waals surface area contributed by atoms with Crippen molar-refractivity contribution in [2.45, 2.75) is 54.0 Å². The van der Waals surface area contributed by atoms with Crippen molar-refractivity contribution >= 4 is 5.97 Å². The van der Waals surface area contributed by atoms with Crippen LogP contribution in [0.4, 0.5) is 0 Å². The normalized spacial score (nSPS) is 18.7. The molecule has 0 spiro atoms. The molecule has 0 aliphatic heterocycles. The van der Waals surface area contributed by atoms with Crippen LogP contribution in [-0.4, -0.2) is 17.1 Å². The van der Waals surface area contributed by atoms with Gasteiger partial charge in [0.1, 0.15) is 0 Å². The topological polar surface area (TPSA) is 63.3 Å². The van der Waals surface area contributed by atoms with E-state index < -0.39 is 11.4 Å². The van der Waals surface area contributed by atoms with Gasteiger partial charge in [0.2, 0.25) is 0 Å². The Morgan fingerprint density at radius 3 is 1.93 bits per heavy atom. The fourth-order valence-electron chi connectivity index (χ4n) is 1.68. The average molecular weight is 215 g/mol. The molecule has 0 saturated heterocycles. The fourth-order valence-corrected chi connectivity index (χ4v) is 1.68. The Kier molecular flexibility index (Phi) is 4.35. The van der Waals surface area contributed by atoms with Gasteiger partial charge < -0.3 is 10.8 Å². The summed E-state index contributed by atoms with van der Waals surface area (Å²) < 4.78 is 0. The lowest BCUT2D eigenvalue weighted by molar-refractivity contribution is -0.152. The molecule has 0 heterocycles. The highest BCUT2D eigenvalue weighted by Gasteiger charge is 2.46. The first-order chi connectivity index (χ1) is 6.60. The second-order valence-electron chi connectivity index (χ2n) is 5.53. The third-order valence-electron chi connectivity index (χ3n) is 4.20. The van der Waals surface area contributed by atoms with Crippen molar-refractivity contribution in [2.75, 3.05) is 0 Å². The lowest BCUT2D eigenvalue weighted by Gasteiger charge is -2.43. The SMILES string of the molecule is CCC(C)(C(=O)O)C(N)C(C)(C)C(C)C. The summed E-state index contributed by atoms with van der Waals surface area (Å²) >= 11 is 0. The van der Waals surface area contributed by atoms with E-state index in [0.29, 0.717) is 12.3 Å². The van der Waals surface area contributed by atoms with Gasteiger partial charge in [-0.25, -0.2) is 0 Å². The molecule has 0 aliphatic carbocycles. The molecular formula is C12H25NO2. The Balaban J connectivity index is 5.12. The quantitative estimate of drug-likeness (QED) is 0.740. The first-order valence-electron chi connectivity index (χ1n) is 5.59. The summed E-state index contributed by atoms with van der Waals surface area (Å²) in [6.07, 6.45) is 0.555. The molecule has 3 heteroatoms. The number of hydrogen-bond donors (Lipinski definition) is 2. The molecule has 0 rings (SSSR count). The van der Waals surface area contributed by atoms with Gasteiger partial charge in [-0.3, -0.25) is 4.79 Å². The highest BCUT2D eigenvalue weighted by molar-refractivity contribution is 5.75. The monoisotopic (exact) mass is 215 g/mol. The summed E-state index contributed by atoms with van der Waals surface area (Å²) in [4.78, 5) is 11.3. The minimum absolute atomic E-state index is 0.177. The molecule has 0 aliphatic rings. The Labute approximate surface area is 93.0 Å². The maximum Gasteiger partial charge on any atom is 0.310 e. The molecule has 0 aromatic heterocycles. The fraction of sp³-hybridized carbons (Fsp3) is 0.917. The molecule has 90 valence electrons. The smallest absolute Gasteiger partial charge is 0.310 e. The van der Waals surface area contributed by atoms with E-state index in [4.69, 9.17) is 5.73 Å². The molecule has 0 amide bonds. The third kappa shape index (κ3) is 2.51. The highest BCUT2D eigenvalue weighted by atomic mass is 16.4. The summed E-state index contributed by atoms with van der Waals surface area (Å²) in [6.45, 7) is 11.9. The first-order valence-corrected chi connectivity index (χ1v) is 5.59. The number of rotatable bonds is 5. The number of carbonyl (C=O) groups is 1. The largest absolute Gasteiger partial charge is 0.481 e. The van der Waals surface area contributed by atoms with Crippen LogP contribution in [0.15, 0.2) is 0 Å². The Morgan fingerprint density at radius 2 is 1.73 bits per heavy atom. The van der Waals surface area contributed by atoms with Gasteiger partial charge in [0.15, 0.2) is 0 Å². The highest BCUT2D eigenvalue weighted by Crippen LogP contribution is 2.40. The maximum absolute atomic E-state index is 11.3. The molecule has 3 N–H and O–H groups in total. The van der Waals surface area contributed by atoms with Crippen LogP contribution in [0.3, 0.4) is 0 Å². The summed E-state index contributed by atoms with van der Waals surface area (Å²) in [5.41, 5.74) is 5.14. The molecule has 15 heavy (non-hydrogen) atoms. The van der Waals surface area contributed by atoms with Crippen LogP contribution in [-0.2, 0) is 4.79 Å². The van der Waals surface area contributed by atoms with Crippen molar-refractivity contribution < 1.29 is 9.90 Å². The van der Waals surface area contributed by atoms with Crippen molar-refractivity contribution in [3.8, 4) is 0 Å². The predicted molar refractivity (Wildman–Crippen MR) is 62.6 cm³/mol. The van der Waals surface area contributed by atoms with Gasteiger partial charge in [-0.1, -0.05) is 34.6 Å². The molecule has 0 aromatic rings. The number of carboxylic acid groups (broad SMARTS) is 1. The average Bonchev–Trinajstić information content (AvgIpc) is 2.14. The first kappa shape index (κ1) is 14.4. The van der Waals surface area contributed by atoms with Crippen LogP contribution in [0.25, 0.3) is 0 Å². The summed E-state index contributed by atoms with van der Waals surface area (Å²) in [5, 5.41) is 9.27. The molecule has 2 atom stereocenters. The zero-order chi connectivity index (χ0) is 12.4. The van der Waals surface area contributed by atoms with E-state index in [2.05, 4.69) is 13.8 Å². The minimum Gasteiger partial charge on any atom is -0.481 e. The van der Waals surface area contributed by atoms with Crippen molar-refractivity contribution in [1.82, 2.24) is 0 Å². The van der Waals surface area contributed by atoms with E-state index in [9.17, 15) is 9.90 Å². The number of carboxylic acids is 1. The van der Waals surface area contributed by atoms with Crippen LogP contribution in [0.1, 0.15) is 48.0 Å². The van der Waals surface area contributed by atoms with Crippen molar-refractivity contribution in [2.24, 2.45) is 22.5 Å². The van der Waals surface area contributed by atoms with E-state index in [1.54, 1.807) is 6.92 Å². The number of hydrogen-bond acceptors (Lipinski definition) is 2. The van der Waals surface area contributed by atoms with E-state index in [1.165, 1.54) is 0 Å². The molecule has 2 unspecified atom stereocenters. The van der Waals surface area contributed by atoms with Crippen molar-refractivity contribution in [1.29, 1.82) is 0 Å². The van der Waals surface area contributed by atoms with Crippen molar-refractivity contribution in [3.63, 3.8) is 0 Å². The molecule has 0 fully saturated rings. The van der Waals surface area contributed by atoms with E-state index in [-0.39, 0.29) is 11.5 Å². The van der Waals surface area contributed by atoms with Crippen LogP contribution in [0.5, 0.6) is 0 Å². The van der Waals surface area contributed by atoms with Crippen LogP contribution >= 0.6 is 0 Å². The molecule has 3 nitrogen and oxygen atoms in total. The van der Waals surface area contributed by atoms with Crippen LogP contribution in [0, 0.1) is 16.7 Å². The van der Waals surface area contributed by atoms with Gasteiger partial charge in [0.25, 0.3) is 0 Å². The van der Waals surface area contributed by atoms with Gasteiger partial charge in [-0.2, -0.15) is 0 Å². The lowest BCUT2D eigenvalue weighted by Crippen LogP contribution is -2.55. The van der Waals surface area contributed by atoms with Crippen LogP contribution in [0.2, 0.25) is 0 Å². The standard InChI is InChI=1S/C12H25NO2/c1-7-12(6,10(14)15)9(13)11(4,5)8(2)3/h8-9H,7,13H2,1-6H3,(H,14,15). The molecular weight excluding hydrogens is 190 g/mol. The van der Waals surface area contributed by atoms with Crippen molar-refractivity contribution in [3.05, 3.63) is 0 Å². The Hall–Kier alpha value is -0.570. The molecule has 0 saturated carbocycles. The summed E-state index contributed by atoms with van der Waals surface area (Å²) in [7, 11) is 0. The van der Waals surface area contributed by atoms with E-state index in [1.807, 2.05) is 20.8 Å². The zero-order valence-corrected chi connectivity index (χ0v) is 10.8. The summed E-state index contributed by atoms with van der Waals surface area (Å²) in [6, 6.07) is -0.340. The van der Waals surface area contributed by atoms with Gasteiger partial charge in [-0.05, 0) is 24.7 Å². The number of aliphatic carboxylic acids is 1. The predicted octanol–water partition coefficient (Wildman–Crippen LogP) is 2.50. The maximum atomic E-state index is 11.3. The van der Waals surface area contributed by atoms with Gasteiger partial charge in [-0.15, -0.1) is 0 Å². The van der Waals surface area contributed by atoms with E-state index >= 15 is 0 Å². The number of nitrogens with two attached hydrogens (primary N) is 1. The van der Waals surface area contributed by atoms with Gasteiger partial charge in [0, 0.05) is 6.04 Å². The molecule has 0 aromatic carbocycles. The minimum atomic E-state index is -0.840. The summed E-state index contributed by atoms with van der Waals surface area (Å²) in [5.74, 6) is -0.441. The second kappa shape index (κ2) is 4.52.